The Kier molecular flexibility index (Phi) is 5.72. The number of nitrogens with zero attached hydrogens (tertiary/aromatic N) is 1. The number of amides is 1. The zero-order chi connectivity index (χ0) is 19.5. The van der Waals surface area contributed by atoms with Crippen molar-refractivity contribution in [2.45, 2.75) is 16.6 Å². The van der Waals surface area contributed by atoms with E-state index >= 15 is 0 Å². The molecule has 3 nitrogen and oxygen atoms in total. The van der Waals surface area contributed by atoms with Crippen LogP contribution in [0.25, 0.3) is 0 Å². The molecule has 1 amide bonds. The van der Waals surface area contributed by atoms with Crippen LogP contribution in [0.1, 0.15) is 12.0 Å². The molecule has 0 radical (unpaired) electrons. The van der Waals surface area contributed by atoms with Crippen molar-refractivity contribution in [3.63, 3.8) is 0 Å². The average molecular weight is 427 g/mol. The SMILES string of the molecule is O=C(Nc1ccc(Cl)cc1)[C@H]1CC(c2ccc(Cl)cc2)=Nc2ccccc2S1. The predicted octanol–water partition coefficient (Wildman–Crippen LogP) is 6.62. The second-order valence-corrected chi connectivity index (χ2v) is 8.46. The van der Waals surface area contributed by atoms with Gasteiger partial charge < -0.3 is 5.32 Å². The summed E-state index contributed by atoms with van der Waals surface area (Å²) in [5.74, 6) is -0.0642. The van der Waals surface area contributed by atoms with Crippen LogP contribution in [0, 0.1) is 0 Å². The molecule has 0 spiro atoms. The molecule has 1 atom stereocenters. The minimum Gasteiger partial charge on any atom is -0.325 e. The first kappa shape index (κ1) is 19.1. The molecule has 1 aliphatic rings. The van der Waals surface area contributed by atoms with Gasteiger partial charge in [0.25, 0.3) is 0 Å². The summed E-state index contributed by atoms with van der Waals surface area (Å²) < 4.78 is 0. The molecule has 0 unspecified atom stereocenters. The van der Waals surface area contributed by atoms with Gasteiger partial charge in [-0.2, -0.15) is 0 Å². The van der Waals surface area contributed by atoms with Gasteiger partial charge in [0.1, 0.15) is 0 Å². The Morgan fingerprint density at radius 1 is 0.929 bits per heavy atom. The molecule has 4 rings (SSSR count). The summed E-state index contributed by atoms with van der Waals surface area (Å²) in [5.41, 5.74) is 3.42. The fraction of sp³-hybridized carbons (Fsp3) is 0.0909. The Morgan fingerprint density at radius 3 is 2.29 bits per heavy atom. The van der Waals surface area contributed by atoms with E-state index in [9.17, 15) is 4.79 Å². The van der Waals surface area contributed by atoms with E-state index in [0.717, 1.165) is 27.5 Å². The molecule has 1 aliphatic heterocycles. The number of carbonyl (C=O) groups excluding carboxylic acids is 1. The summed E-state index contributed by atoms with van der Waals surface area (Å²) in [6.45, 7) is 0. The first-order chi connectivity index (χ1) is 13.6. The van der Waals surface area contributed by atoms with Crippen LogP contribution in [-0.2, 0) is 4.79 Å². The van der Waals surface area contributed by atoms with Crippen LogP contribution in [0.5, 0.6) is 0 Å². The molecule has 0 bridgehead atoms. The monoisotopic (exact) mass is 426 g/mol. The van der Waals surface area contributed by atoms with Crippen LogP contribution in [0.3, 0.4) is 0 Å². The van der Waals surface area contributed by atoms with E-state index in [1.165, 1.54) is 11.8 Å². The van der Waals surface area contributed by atoms with Gasteiger partial charge in [-0.15, -0.1) is 11.8 Å². The third kappa shape index (κ3) is 4.41. The van der Waals surface area contributed by atoms with Crippen LogP contribution < -0.4 is 5.32 Å². The van der Waals surface area contributed by atoms with E-state index in [4.69, 9.17) is 28.2 Å². The quantitative estimate of drug-likeness (QED) is 0.511. The van der Waals surface area contributed by atoms with Crippen LogP contribution >= 0.6 is 35.0 Å². The second kappa shape index (κ2) is 8.39. The normalized spacial score (nSPS) is 15.9. The largest absolute Gasteiger partial charge is 0.325 e. The van der Waals surface area contributed by atoms with Crippen molar-refractivity contribution in [1.82, 2.24) is 0 Å². The number of halogens is 2. The van der Waals surface area contributed by atoms with Crippen LogP contribution in [0.2, 0.25) is 10.0 Å². The molecule has 0 fully saturated rings. The van der Waals surface area contributed by atoms with Crippen molar-refractivity contribution in [2.75, 3.05) is 5.32 Å². The number of anilines is 1. The van der Waals surface area contributed by atoms with Gasteiger partial charge in [-0.05, 0) is 54.1 Å². The van der Waals surface area contributed by atoms with Gasteiger partial charge in [-0.3, -0.25) is 9.79 Å². The summed E-state index contributed by atoms with van der Waals surface area (Å²) in [4.78, 5) is 18.8. The van der Waals surface area contributed by atoms with Crippen LogP contribution in [0.4, 0.5) is 11.4 Å². The maximum atomic E-state index is 13.0. The Morgan fingerprint density at radius 2 is 1.57 bits per heavy atom. The Labute approximate surface area is 177 Å². The average Bonchev–Trinajstić information content (AvgIpc) is 2.90. The summed E-state index contributed by atoms with van der Waals surface area (Å²) in [6, 6.07) is 22.5. The molecular weight excluding hydrogens is 411 g/mol. The fourth-order valence-electron chi connectivity index (χ4n) is 2.94. The van der Waals surface area contributed by atoms with Crippen LogP contribution in [0.15, 0.2) is 82.7 Å². The maximum absolute atomic E-state index is 13.0. The van der Waals surface area contributed by atoms with Gasteiger partial charge in [0.05, 0.1) is 10.9 Å². The van der Waals surface area contributed by atoms with E-state index < -0.39 is 0 Å². The smallest absolute Gasteiger partial charge is 0.238 e. The van der Waals surface area contributed by atoms with E-state index in [1.807, 2.05) is 48.5 Å². The number of benzene rings is 3. The summed E-state index contributed by atoms with van der Waals surface area (Å²) in [6.07, 6.45) is 0.514. The highest BCUT2D eigenvalue weighted by atomic mass is 35.5. The van der Waals surface area contributed by atoms with Gasteiger partial charge in [0.15, 0.2) is 0 Å². The lowest BCUT2D eigenvalue weighted by Gasteiger charge is -2.16. The molecule has 3 aromatic rings. The summed E-state index contributed by atoms with van der Waals surface area (Å²) >= 11 is 13.5. The maximum Gasteiger partial charge on any atom is 0.238 e. The molecule has 28 heavy (non-hydrogen) atoms. The number of rotatable bonds is 3. The fourth-order valence-corrected chi connectivity index (χ4v) is 4.29. The van der Waals surface area contributed by atoms with Crippen molar-refractivity contribution < 1.29 is 4.79 Å². The standard InChI is InChI=1S/C22H16Cl2N2OS/c23-15-7-5-14(6-8-15)19-13-21(28-20-4-2-1-3-18(20)26-19)22(27)25-17-11-9-16(24)10-12-17/h1-12,21H,13H2,(H,25,27)/t21-/m1/s1. The topological polar surface area (TPSA) is 41.5 Å². The van der Waals surface area contributed by atoms with Crippen molar-refractivity contribution in [1.29, 1.82) is 0 Å². The highest BCUT2D eigenvalue weighted by Gasteiger charge is 2.26. The number of aliphatic imine (C=N–C) groups is 1. The minimum absolute atomic E-state index is 0.0642. The Hall–Kier alpha value is -2.27. The van der Waals surface area contributed by atoms with E-state index in [0.29, 0.717) is 16.5 Å². The lowest BCUT2D eigenvalue weighted by atomic mass is 10.0. The summed E-state index contributed by atoms with van der Waals surface area (Å²) in [7, 11) is 0. The highest BCUT2D eigenvalue weighted by molar-refractivity contribution is 8.00. The van der Waals surface area contributed by atoms with E-state index in [-0.39, 0.29) is 11.2 Å². The number of carbonyl (C=O) groups is 1. The van der Waals surface area contributed by atoms with Crippen molar-refractivity contribution in [3.8, 4) is 0 Å². The molecule has 0 aromatic heterocycles. The Balaban J connectivity index is 1.65. The highest BCUT2D eigenvalue weighted by Crippen LogP contribution is 2.38. The number of fused-ring (bicyclic) bond motifs is 1. The number of hydrogen-bond donors (Lipinski definition) is 1. The molecule has 6 heteroatoms. The molecule has 0 aliphatic carbocycles. The third-order valence-corrected chi connectivity index (χ3v) is 6.12. The third-order valence-electron chi connectivity index (χ3n) is 4.35. The van der Waals surface area contributed by atoms with Crippen molar-refractivity contribution in [2.24, 2.45) is 4.99 Å². The van der Waals surface area contributed by atoms with E-state index in [2.05, 4.69) is 5.32 Å². The minimum atomic E-state index is -0.311. The lowest BCUT2D eigenvalue weighted by molar-refractivity contribution is -0.115. The molecule has 0 saturated carbocycles. The van der Waals surface area contributed by atoms with Gasteiger partial charge in [-0.1, -0.05) is 47.5 Å². The molecule has 3 aromatic carbocycles. The number of thioether (sulfide) groups is 1. The zero-order valence-electron chi connectivity index (χ0n) is 14.7. The molecule has 1 N–H and O–H groups in total. The van der Waals surface area contributed by atoms with Crippen LogP contribution in [-0.4, -0.2) is 16.9 Å². The van der Waals surface area contributed by atoms with Gasteiger partial charge >= 0.3 is 0 Å². The molecule has 1 heterocycles. The molecule has 140 valence electrons. The molecular formula is C22H16Cl2N2OS. The first-order valence-electron chi connectivity index (χ1n) is 8.74. The first-order valence-corrected chi connectivity index (χ1v) is 10.4. The second-order valence-electron chi connectivity index (χ2n) is 6.34. The lowest BCUT2D eigenvalue weighted by Crippen LogP contribution is -2.27. The zero-order valence-corrected chi connectivity index (χ0v) is 17.1. The van der Waals surface area contributed by atoms with Gasteiger partial charge in [0.2, 0.25) is 5.91 Å². The molecule has 0 saturated heterocycles. The number of para-hydroxylation sites is 1. The number of nitrogens with one attached hydrogen (secondary N) is 1. The van der Waals surface area contributed by atoms with Crippen molar-refractivity contribution in [3.05, 3.63) is 88.4 Å². The number of hydrogen-bond acceptors (Lipinski definition) is 3. The van der Waals surface area contributed by atoms with Crippen molar-refractivity contribution >= 4 is 58.0 Å². The Bertz CT molecular complexity index is 1030. The summed E-state index contributed by atoms with van der Waals surface area (Å²) in [5, 5.41) is 3.98. The van der Waals surface area contributed by atoms with Gasteiger partial charge in [0, 0.05) is 32.8 Å². The van der Waals surface area contributed by atoms with Gasteiger partial charge in [-0.25, -0.2) is 0 Å². The van der Waals surface area contributed by atoms with E-state index in [1.54, 1.807) is 24.3 Å². The predicted molar refractivity (Wildman–Crippen MR) is 118 cm³/mol.